The van der Waals surface area contributed by atoms with E-state index in [0.717, 1.165) is 46.1 Å². The smallest absolute Gasteiger partial charge is 0.310 e. The first-order valence-electron chi connectivity index (χ1n) is 16.3. The molecule has 4 heteroatoms. The molecule has 2 aromatic rings. The Kier molecular flexibility index (Phi) is 15.5. The first kappa shape index (κ1) is 34.9. The summed E-state index contributed by atoms with van der Waals surface area (Å²) >= 11 is 0. The van der Waals surface area contributed by atoms with Crippen LogP contribution in [0, 0.1) is 24.7 Å². The second-order valence-electron chi connectivity index (χ2n) is 12.7. The third-order valence-electron chi connectivity index (χ3n) is 8.39. The predicted octanol–water partition coefficient (Wildman–Crippen LogP) is 10.5. The monoisotopic (exact) mass is 566 g/mol. The van der Waals surface area contributed by atoms with Crippen LogP contribution < -0.4 is 9.47 Å². The summed E-state index contributed by atoms with van der Waals surface area (Å²) < 4.78 is 11.9. The first-order chi connectivity index (χ1) is 19.6. The number of allylic oxidation sites excluding steroid dienone is 2. The fourth-order valence-electron chi connectivity index (χ4n) is 5.55. The molecule has 0 spiro atoms. The van der Waals surface area contributed by atoms with Gasteiger partial charge in [0.2, 0.25) is 0 Å². The fourth-order valence-corrected chi connectivity index (χ4v) is 5.55. The zero-order valence-corrected chi connectivity index (χ0v) is 27.4. The number of carbonyl (C=O) groups is 1. The zero-order valence-electron chi connectivity index (χ0n) is 27.4. The first-order valence-corrected chi connectivity index (χ1v) is 16.3. The molecule has 3 unspecified atom stereocenters. The molecule has 0 fully saturated rings. The number of benzene rings is 2. The summed E-state index contributed by atoms with van der Waals surface area (Å²) in [6, 6.07) is 7.81. The third kappa shape index (κ3) is 11.8. The van der Waals surface area contributed by atoms with Gasteiger partial charge in [0.25, 0.3) is 0 Å². The summed E-state index contributed by atoms with van der Waals surface area (Å²) in [4.78, 5) is 12.3. The number of aliphatic hydroxyl groups excluding tert-OH is 1. The average molecular weight is 567 g/mol. The van der Waals surface area contributed by atoms with E-state index in [-0.39, 0.29) is 5.97 Å². The predicted molar refractivity (Wildman–Crippen MR) is 174 cm³/mol. The van der Waals surface area contributed by atoms with Crippen LogP contribution in [-0.2, 0) is 11.2 Å². The molecule has 3 atom stereocenters. The lowest BCUT2D eigenvalue weighted by Crippen LogP contribution is -2.16. The van der Waals surface area contributed by atoms with E-state index in [4.69, 9.17) is 9.47 Å². The fraction of sp³-hybridized carbons (Fsp3) is 0.649. The van der Waals surface area contributed by atoms with Crippen LogP contribution >= 0.6 is 0 Å². The summed E-state index contributed by atoms with van der Waals surface area (Å²) in [5.41, 5.74) is 3.21. The molecule has 0 aliphatic rings. The highest BCUT2D eigenvalue weighted by Gasteiger charge is 2.21. The van der Waals surface area contributed by atoms with Crippen molar-refractivity contribution < 1.29 is 19.4 Å². The minimum absolute atomic E-state index is 0.257. The molecule has 2 aromatic carbocycles. The molecule has 0 bridgehead atoms. The quantitative estimate of drug-likeness (QED) is 0.0795. The molecular weight excluding hydrogens is 508 g/mol. The Morgan fingerprint density at radius 2 is 1.44 bits per heavy atom. The van der Waals surface area contributed by atoms with Crippen LogP contribution in [0.15, 0.2) is 35.9 Å². The van der Waals surface area contributed by atoms with Crippen molar-refractivity contribution in [2.45, 2.75) is 139 Å². The Hall–Kier alpha value is -2.33. The van der Waals surface area contributed by atoms with E-state index >= 15 is 0 Å². The maximum atomic E-state index is 12.3. The van der Waals surface area contributed by atoms with Crippen LogP contribution in [0.4, 0.5) is 0 Å². The molecular formula is C37H58O4. The molecule has 0 amide bonds. The van der Waals surface area contributed by atoms with E-state index < -0.39 is 6.29 Å². The lowest BCUT2D eigenvalue weighted by atomic mass is 9.91. The van der Waals surface area contributed by atoms with Gasteiger partial charge in [0, 0.05) is 29.2 Å². The van der Waals surface area contributed by atoms with Crippen LogP contribution in [0.25, 0.3) is 10.8 Å². The summed E-state index contributed by atoms with van der Waals surface area (Å²) in [5, 5.41) is 12.1. The van der Waals surface area contributed by atoms with Crippen molar-refractivity contribution in [1.29, 1.82) is 0 Å². The maximum Gasteiger partial charge on any atom is 0.310 e. The summed E-state index contributed by atoms with van der Waals surface area (Å²) in [5.74, 6) is 3.45. The summed E-state index contributed by atoms with van der Waals surface area (Å²) in [6.45, 7) is 17.4. The summed E-state index contributed by atoms with van der Waals surface area (Å²) in [6.07, 6.45) is 14.5. The minimum Gasteiger partial charge on any atom is -0.464 e. The highest BCUT2D eigenvalue weighted by Crippen LogP contribution is 2.42. The van der Waals surface area contributed by atoms with Crippen molar-refractivity contribution in [1.82, 2.24) is 0 Å². The average Bonchev–Trinajstić information content (AvgIpc) is 2.94. The van der Waals surface area contributed by atoms with Gasteiger partial charge in [-0.3, -0.25) is 4.79 Å². The van der Waals surface area contributed by atoms with Crippen molar-refractivity contribution in [2.24, 2.45) is 17.8 Å². The second kappa shape index (κ2) is 18.3. The number of aliphatic hydroxyl groups is 1. The van der Waals surface area contributed by atoms with Crippen molar-refractivity contribution in [3.63, 3.8) is 0 Å². The van der Waals surface area contributed by atoms with Gasteiger partial charge in [-0.2, -0.15) is 0 Å². The van der Waals surface area contributed by atoms with Crippen LogP contribution in [0.1, 0.15) is 130 Å². The molecule has 4 nitrogen and oxygen atoms in total. The topological polar surface area (TPSA) is 55.8 Å². The van der Waals surface area contributed by atoms with Crippen LogP contribution in [0.5, 0.6) is 11.5 Å². The van der Waals surface area contributed by atoms with E-state index in [1.165, 1.54) is 56.9 Å². The largest absolute Gasteiger partial charge is 0.464 e. The number of hydrogen-bond acceptors (Lipinski definition) is 4. The van der Waals surface area contributed by atoms with E-state index in [0.29, 0.717) is 30.8 Å². The van der Waals surface area contributed by atoms with Gasteiger partial charge in [-0.1, -0.05) is 122 Å². The SMILES string of the molecule is CCC(=O)Oc1c(C)c(C/C=C(\C)CCCC(C)CCCC(C)CCCC(C)C)c(OC(O)CC)c2ccccc12. The zero-order chi connectivity index (χ0) is 30.4. The molecule has 0 radical (unpaired) electrons. The molecule has 0 saturated carbocycles. The van der Waals surface area contributed by atoms with Gasteiger partial charge in [-0.05, 0) is 56.4 Å². The highest BCUT2D eigenvalue weighted by atomic mass is 16.6. The number of carbonyl (C=O) groups excluding carboxylic acids is 1. The van der Waals surface area contributed by atoms with Crippen molar-refractivity contribution in [3.05, 3.63) is 47.0 Å². The van der Waals surface area contributed by atoms with Gasteiger partial charge in [0.05, 0.1) is 0 Å². The molecule has 0 aliphatic carbocycles. The molecule has 0 saturated heterocycles. The molecule has 0 aromatic heterocycles. The number of ether oxygens (including phenoxy) is 2. The lowest BCUT2D eigenvalue weighted by molar-refractivity contribution is -0.133. The van der Waals surface area contributed by atoms with Crippen LogP contribution in [-0.4, -0.2) is 17.4 Å². The van der Waals surface area contributed by atoms with Crippen LogP contribution in [0.2, 0.25) is 0 Å². The number of fused-ring (bicyclic) bond motifs is 1. The Labute approximate surface area is 250 Å². The molecule has 230 valence electrons. The maximum absolute atomic E-state index is 12.3. The van der Waals surface area contributed by atoms with Gasteiger partial charge < -0.3 is 14.6 Å². The van der Waals surface area contributed by atoms with E-state index in [9.17, 15) is 9.90 Å². The van der Waals surface area contributed by atoms with Gasteiger partial charge in [-0.15, -0.1) is 0 Å². The molecule has 2 rings (SSSR count). The number of esters is 1. The number of rotatable bonds is 19. The summed E-state index contributed by atoms with van der Waals surface area (Å²) in [7, 11) is 0. The second-order valence-corrected chi connectivity index (χ2v) is 12.7. The van der Waals surface area contributed by atoms with Crippen molar-refractivity contribution in [3.8, 4) is 11.5 Å². The van der Waals surface area contributed by atoms with Crippen molar-refractivity contribution >= 4 is 16.7 Å². The molecule has 0 heterocycles. The Balaban J connectivity index is 2.04. The van der Waals surface area contributed by atoms with Gasteiger partial charge in [0.15, 0.2) is 6.29 Å². The third-order valence-corrected chi connectivity index (χ3v) is 8.39. The Morgan fingerprint density at radius 3 is 2.00 bits per heavy atom. The van der Waals surface area contributed by atoms with E-state index in [1.807, 2.05) is 38.1 Å². The van der Waals surface area contributed by atoms with Gasteiger partial charge >= 0.3 is 5.97 Å². The van der Waals surface area contributed by atoms with Crippen molar-refractivity contribution in [2.75, 3.05) is 0 Å². The van der Waals surface area contributed by atoms with E-state index in [1.54, 1.807) is 6.92 Å². The molecule has 0 aliphatic heterocycles. The standard InChI is InChI=1S/C37H58O4/c1-9-34(38)40-36-30(8)31(37(41-35(39)10-2)33-23-12-11-22-32(33)36)25-24-29(7)21-15-20-28(6)19-14-18-27(5)17-13-16-26(3)4/h11-12,22-24,26-28,35,39H,9-10,13-21,25H2,1-8H3/b29-24+. The lowest BCUT2D eigenvalue weighted by Gasteiger charge is -2.22. The highest BCUT2D eigenvalue weighted by molar-refractivity contribution is 5.97. The van der Waals surface area contributed by atoms with Crippen LogP contribution in [0.3, 0.4) is 0 Å². The Bertz CT molecular complexity index is 1100. The number of hydrogen-bond donors (Lipinski definition) is 1. The normalized spacial score (nSPS) is 14.3. The van der Waals surface area contributed by atoms with Gasteiger partial charge in [0.1, 0.15) is 11.5 Å². The van der Waals surface area contributed by atoms with Gasteiger partial charge in [-0.25, -0.2) is 0 Å². The Morgan fingerprint density at radius 1 is 0.878 bits per heavy atom. The molecule has 1 N–H and O–H groups in total. The minimum atomic E-state index is -0.893. The van der Waals surface area contributed by atoms with E-state index in [2.05, 4.69) is 40.7 Å². The molecule has 41 heavy (non-hydrogen) atoms.